The van der Waals surface area contributed by atoms with Crippen LogP contribution in [0, 0.1) is 0 Å². The highest BCUT2D eigenvalue weighted by Crippen LogP contribution is 2.32. The van der Waals surface area contributed by atoms with Gasteiger partial charge in [-0.15, -0.1) is 0 Å². The molecule has 1 fully saturated rings. The molecule has 1 aliphatic heterocycles. The molecule has 134 valence electrons. The Labute approximate surface area is 155 Å². The van der Waals surface area contributed by atoms with Crippen molar-refractivity contribution < 1.29 is 14.1 Å². The Morgan fingerprint density at radius 2 is 2.19 bits per heavy atom. The average molecular weight is 369 g/mol. The first-order valence-electron chi connectivity index (χ1n) is 8.53. The van der Waals surface area contributed by atoms with Crippen LogP contribution in [0.2, 0.25) is 0 Å². The fourth-order valence-corrected chi connectivity index (χ4v) is 3.89. The smallest absolute Gasteiger partial charge is 0.249 e. The van der Waals surface area contributed by atoms with Crippen molar-refractivity contribution in [1.29, 1.82) is 0 Å². The van der Waals surface area contributed by atoms with Gasteiger partial charge in [-0.3, -0.25) is 4.79 Å². The van der Waals surface area contributed by atoms with Crippen LogP contribution in [0.15, 0.2) is 45.6 Å². The molecular formula is C19H19N3O3S. The van der Waals surface area contributed by atoms with Gasteiger partial charge in [-0.1, -0.05) is 5.16 Å². The number of nitrogens with zero attached hydrogens (tertiary/aromatic N) is 3. The summed E-state index contributed by atoms with van der Waals surface area (Å²) in [6, 6.07) is 9.35. The van der Waals surface area contributed by atoms with Crippen LogP contribution in [-0.2, 0) is 11.2 Å². The fraction of sp³-hybridized carbons (Fsp3) is 0.316. The predicted molar refractivity (Wildman–Crippen MR) is 98.0 cm³/mol. The lowest BCUT2D eigenvalue weighted by Crippen LogP contribution is -2.31. The molecule has 1 atom stereocenters. The van der Waals surface area contributed by atoms with Crippen molar-refractivity contribution in [3.8, 4) is 17.1 Å². The number of rotatable bonds is 5. The van der Waals surface area contributed by atoms with Crippen molar-refractivity contribution in [2.24, 2.45) is 0 Å². The molecule has 1 aliphatic rings. The summed E-state index contributed by atoms with van der Waals surface area (Å²) in [7, 11) is 1.63. The highest BCUT2D eigenvalue weighted by Gasteiger charge is 2.34. The lowest BCUT2D eigenvalue weighted by atomic mass is 10.2. The molecule has 0 bridgehead atoms. The second-order valence-electron chi connectivity index (χ2n) is 6.24. The van der Waals surface area contributed by atoms with E-state index in [2.05, 4.69) is 10.1 Å². The van der Waals surface area contributed by atoms with Crippen molar-refractivity contribution in [3.63, 3.8) is 0 Å². The summed E-state index contributed by atoms with van der Waals surface area (Å²) in [4.78, 5) is 19.1. The normalized spacial score (nSPS) is 16.8. The summed E-state index contributed by atoms with van der Waals surface area (Å²) in [5.74, 6) is 1.92. The van der Waals surface area contributed by atoms with Gasteiger partial charge in [0, 0.05) is 12.1 Å². The van der Waals surface area contributed by atoms with E-state index in [1.807, 2.05) is 46.0 Å². The molecule has 2 aromatic heterocycles. The molecule has 0 spiro atoms. The molecule has 3 aromatic rings. The first-order valence-corrected chi connectivity index (χ1v) is 9.47. The third-order valence-corrected chi connectivity index (χ3v) is 5.32. The molecule has 3 heterocycles. The van der Waals surface area contributed by atoms with Crippen LogP contribution in [0.5, 0.6) is 5.75 Å². The Hall–Kier alpha value is -2.67. The van der Waals surface area contributed by atoms with E-state index in [1.54, 1.807) is 18.4 Å². The number of ether oxygens (including phenoxy) is 1. The molecule has 7 heteroatoms. The van der Waals surface area contributed by atoms with Crippen molar-refractivity contribution in [2.75, 3.05) is 13.7 Å². The largest absolute Gasteiger partial charge is 0.497 e. The minimum absolute atomic E-state index is 0.107. The molecule has 1 saturated heterocycles. The molecule has 4 rings (SSSR count). The van der Waals surface area contributed by atoms with Gasteiger partial charge >= 0.3 is 0 Å². The van der Waals surface area contributed by atoms with E-state index in [0.717, 1.165) is 36.3 Å². The molecule has 1 unspecified atom stereocenters. The number of thiophene rings is 1. The van der Waals surface area contributed by atoms with Crippen LogP contribution >= 0.6 is 11.3 Å². The molecular weight excluding hydrogens is 350 g/mol. The average Bonchev–Trinajstić information content (AvgIpc) is 3.41. The quantitative estimate of drug-likeness (QED) is 0.686. The maximum absolute atomic E-state index is 12.7. The predicted octanol–water partition coefficient (Wildman–Crippen LogP) is 3.71. The van der Waals surface area contributed by atoms with E-state index in [-0.39, 0.29) is 11.9 Å². The van der Waals surface area contributed by atoms with Gasteiger partial charge in [0.05, 0.1) is 13.5 Å². The molecule has 6 nitrogen and oxygen atoms in total. The zero-order chi connectivity index (χ0) is 17.9. The Balaban J connectivity index is 1.51. The number of aromatic nitrogens is 2. The number of carbonyl (C=O) groups excluding carboxylic acids is 1. The highest BCUT2D eigenvalue weighted by molar-refractivity contribution is 7.08. The monoisotopic (exact) mass is 369 g/mol. The second-order valence-corrected chi connectivity index (χ2v) is 7.02. The van der Waals surface area contributed by atoms with Crippen LogP contribution in [0.25, 0.3) is 11.4 Å². The van der Waals surface area contributed by atoms with Gasteiger partial charge < -0.3 is 14.2 Å². The molecule has 0 saturated carbocycles. The topological polar surface area (TPSA) is 68.5 Å². The van der Waals surface area contributed by atoms with Crippen LogP contribution in [0.3, 0.4) is 0 Å². The number of methoxy groups -OCH3 is 1. The number of hydrogen-bond acceptors (Lipinski definition) is 6. The van der Waals surface area contributed by atoms with Gasteiger partial charge in [0.1, 0.15) is 11.8 Å². The first-order chi connectivity index (χ1) is 12.7. The lowest BCUT2D eigenvalue weighted by Gasteiger charge is -2.21. The van der Waals surface area contributed by atoms with Gasteiger partial charge in [0.25, 0.3) is 0 Å². The number of carbonyl (C=O) groups is 1. The van der Waals surface area contributed by atoms with Crippen molar-refractivity contribution in [3.05, 3.63) is 52.5 Å². The second kappa shape index (κ2) is 7.29. The van der Waals surface area contributed by atoms with Crippen molar-refractivity contribution in [1.82, 2.24) is 15.0 Å². The summed E-state index contributed by atoms with van der Waals surface area (Å²) in [5, 5.41) is 8.09. The standard InChI is InChI=1S/C19H19N3O3S/c1-24-15-6-4-14(5-7-15)18-20-19(25-21-18)16-3-2-9-22(16)17(23)11-13-8-10-26-12-13/h4-8,10,12,16H,2-3,9,11H2,1H3. The third-order valence-electron chi connectivity index (χ3n) is 4.58. The van der Waals surface area contributed by atoms with Gasteiger partial charge in [0.15, 0.2) is 0 Å². The first kappa shape index (κ1) is 16.8. The highest BCUT2D eigenvalue weighted by atomic mass is 32.1. The molecule has 0 N–H and O–H groups in total. The number of benzene rings is 1. The zero-order valence-corrected chi connectivity index (χ0v) is 15.2. The van der Waals surface area contributed by atoms with E-state index in [1.165, 1.54) is 0 Å². The minimum atomic E-state index is -0.138. The fourth-order valence-electron chi connectivity index (χ4n) is 3.22. The third kappa shape index (κ3) is 3.35. The van der Waals surface area contributed by atoms with E-state index in [9.17, 15) is 4.79 Å². The lowest BCUT2D eigenvalue weighted by molar-refractivity contribution is -0.131. The van der Waals surface area contributed by atoms with Crippen molar-refractivity contribution >= 4 is 17.2 Å². The Morgan fingerprint density at radius 1 is 1.35 bits per heavy atom. The summed E-state index contributed by atoms with van der Waals surface area (Å²) in [6.45, 7) is 0.730. The van der Waals surface area contributed by atoms with Crippen LogP contribution < -0.4 is 4.74 Å². The Morgan fingerprint density at radius 3 is 2.92 bits per heavy atom. The summed E-state index contributed by atoms with van der Waals surface area (Å²) in [6.07, 6.45) is 2.21. The van der Waals surface area contributed by atoms with Gasteiger partial charge in [0.2, 0.25) is 17.6 Å². The summed E-state index contributed by atoms with van der Waals surface area (Å²) >= 11 is 1.60. The summed E-state index contributed by atoms with van der Waals surface area (Å²) < 4.78 is 10.7. The Kier molecular flexibility index (Phi) is 4.71. The summed E-state index contributed by atoms with van der Waals surface area (Å²) in [5.41, 5.74) is 1.91. The number of likely N-dealkylation sites (tertiary alicyclic amines) is 1. The Bertz CT molecular complexity index is 874. The maximum atomic E-state index is 12.7. The van der Waals surface area contributed by atoms with Gasteiger partial charge in [-0.25, -0.2) is 0 Å². The molecule has 26 heavy (non-hydrogen) atoms. The molecule has 0 aliphatic carbocycles. The van der Waals surface area contributed by atoms with E-state index >= 15 is 0 Å². The van der Waals surface area contributed by atoms with Gasteiger partial charge in [-0.05, 0) is 59.5 Å². The van der Waals surface area contributed by atoms with Crippen LogP contribution in [0.4, 0.5) is 0 Å². The SMILES string of the molecule is COc1ccc(-c2noc(C3CCCN3C(=O)Cc3ccsc3)n2)cc1. The molecule has 0 radical (unpaired) electrons. The van der Waals surface area contributed by atoms with E-state index in [0.29, 0.717) is 18.1 Å². The van der Waals surface area contributed by atoms with E-state index in [4.69, 9.17) is 9.26 Å². The van der Waals surface area contributed by atoms with E-state index < -0.39 is 0 Å². The number of amides is 1. The number of hydrogen-bond donors (Lipinski definition) is 0. The van der Waals surface area contributed by atoms with Gasteiger partial charge in [-0.2, -0.15) is 16.3 Å². The van der Waals surface area contributed by atoms with Crippen LogP contribution in [-0.4, -0.2) is 34.6 Å². The van der Waals surface area contributed by atoms with Crippen LogP contribution in [0.1, 0.15) is 30.3 Å². The van der Waals surface area contributed by atoms with Crippen molar-refractivity contribution in [2.45, 2.75) is 25.3 Å². The molecule has 1 amide bonds. The maximum Gasteiger partial charge on any atom is 0.249 e. The minimum Gasteiger partial charge on any atom is -0.497 e. The molecule has 1 aromatic carbocycles. The zero-order valence-electron chi connectivity index (χ0n) is 14.4.